The molecule has 0 aliphatic carbocycles. The molecule has 288 valence electrons. The van der Waals surface area contributed by atoms with Crippen LogP contribution in [-0.4, -0.2) is 158 Å². The molecule has 21 heteroatoms. The largest absolute Gasteiger partial charge is 0.492 e. The highest BCUT2D eigenvalue weighted by molar-refractivity contribution is 5.88. The Morgan fingerprint density at radius 2 is 1.43 bits per heavy atom. The summed E-state index contributed by atoms with van der Waals surface area (Å²) in [4.78, 5) is 55.2. The maximum absolute atomic E-state index is 13.1. The van der Waals surface area contributed by atoms with Crippen LogP contribution in [0.5, 0.6) is 11.8 Å². The van der Waals surface area contributed by atoms with Gasteiger partial charge in [-0.15, -0.1) is 4.73 Å². The van der Waals surface area contributed by atoms with Crippen LogP contribution in [0.1, 0.15) is 45.4 Å². The number of fused-ring (bicyclic) bond motifs is 4. The lowest BCUT2D eigenvalue weighted by Crippen LogP contribution is -2.64. The third kappa shape index (κ3) is 10.9. The maximum Gasteiger partial charge on any atom is 0.333 e. The Kier molecular flexibility index (Phi) is 14.7. The molecule has 11 unspecified atom stereocenters. The Morgan fingerprint density at radius 3 is 2.12 bits per heavy atom. The van der Waals surface area contributed by atoms with Gasteiger partial charge in [0.1, 0.15) is 42.7 Å². The number of aliphatic hydroxyl groups excluding tert-OH is 5. The number of carbonyl (C=O) groups excluding carboxylic acids is 4. The Labute approximate surface area is 291 Å². The summed E-state index contributed by atoms with van der Waals surface area (Å²) in [6.07, 6.45) is -15.6. The average Bonchev–Trinajstić information content (AvgIpc) is 3.41. The van der Waals surface area contributed by atoms with Gasteiger partial charge in [0, 0.05) is 44.5 Å². The molecule has 3 aliphatic heterocycles. The minimum Gasteiger partial charge on any atom is -0.492 e. The van der Waals surface area contributed by atoms with Crippen molar-refractivity contribution >= 4 is 23.7 Å². The van der Waals surface area contributed by atoms with Crippen molar-refractivity contribution in [2.45, 2.75) is 113 Å². The summed E-state index contributed by atoms with van der Waals surface area (Å²) in [5.41, 5.74) is 0. The normalized spacial score (nSPS) is 34.4. The van der Waals surface area contributed by atoms with E-state index >= 15 is 0 Å². The Balaban J connectivity index is 1.34. The summed E-state index contributed by atoms with van der Waals surface area (Å²) in [7, 11) is 0. The fourth-order valence-electron chi connectivity index (χ4n) is 5.45. The van der Waals surface area contributed by atoms with Crippen LogP contribution in [0.4, 0.5) is 0 Å². The third-order valence-corrected chi connectivity index (χ3v) is 8.33. The van der Waals surface area contributed by atoms with Gasteiger partial charge in [-0.1, -0.05) is 0 Å². The molecule has 0 radical (unpaired) electrons. The lowest BCUT2D eigenvalue weighted by molar-refractivity contribution is -0.382. The fourth-order valence-corrected chi connectivity index (χ4v) is 5.45. The van der Waals surface area contributed by atoms with Gasteiger partial charge >= 0.3 is 5.97 Å². The summed E-state index contributed by atoms with van der Waals surface area (Å²) >= 11 is 0. The molecule has 0 saturated carbocycles. The van der Waals surface area contributed by atoms with Gasteiger partial charge in [-0.2, -0.15) is 0 Å². The van der Waals surface area contributed by atoms with Crippen LogP contribution in [0.25, 0.3) is 0 Å². The number of aliphatic hydroxyl groups is 5. The number of unbranched alkanes of at least 4 members (excludes halogenated alkanes) is 1. The molecular formula is C30H46N4O17. The molecule has 21 nitrogen and oxygen atoms in total. The molecule has 3 saturated heterocycles. The van der Waals surface area contributed by atoms with E-state index in [-0.39, 0.29) is 64.8 Å². The maximum atomic E-state index is 13.1. The number of aromatic nitrogens is 1. The van der Waals surface area contributed by atoms with Gasteiger partial charge in [-0.25, -0.2) is 4.79 Å². The molecule has 3 fully saturated rings. The van der Waals surface area contributed by atoms with Gasteiger partial charge in [0.05, 0.1) is 19.3 Å². The number of hydrogen-bond donors (Lipinski definition) is 10. The first-order valence-electron chi connectivity index (χ1n) is 16.5. The smallest absolute Gasteiger partial charge is 0.333 e. The fraction of sp³-hybridized carbons (Fsp3) is 0.733. The van der Waals surface area contributed by atoms with Crippen LogP contribution in [0.15, 0.2) is 12.1 Å². The predicted octanol–water partition coefficient (Wildman–Crippen LogP) is -4.42. The van der Waals surface area contributed by atoms with Crippen LogP contribution >= 0.6 is 0 Å². The Morgan fingerprint density at radius 1 is 0.824 bits per heavy atom. The lowest BCUT2D eigenvalue weighted by atomic mass is 9.98. The molecule has 10 N–H and O–H groups in total. The van der Waals surface area contributed by atoms with E-state index in [1.807, 2.05) is 0 Å². The zero-order valence-corrected chi connectivity index (χ0v) is 27.7. The molecule has 4 heterocycles. The van der Waals surface area contributed by atoms with E-state index in [0.717, 1.165) is 12.1 Å². The first-order chi connectivity index (χ1) is 24.3. The van der Waals surface area contributed by atoms with E-state index in [0.29, 0.717) is 4.73 Å². The predicted molar refractivity (Wildman–Crippen MR) is 165 cm³/mol. The van der Waals surface area contributed by atoms with Gasteiger partial charge in [-0.3, -0.25) is 14.4 Å². The van der Waals surface area contributed by atoms with Crippen molar-refractivity contribution in [1.29, 1.82) is 0 Å². The number of rotatable bonds is 7. The van der Waals surface area contributed by atoms with Crippen LogP contribution < -0.4 is 20.8 Å². The van der Waals surface area contributed by atoms with E-state index in [2.05, 4.69) is 16.0 Å². The standard InChI is InChI=1S/C30H46N4O17/c1-14-21(40)26-25(44)29(48-14)47-12-10-31-16(35)7-6-15(27(45)32-11-13-46-28-23(42)22(41)24(43)30(49-26)50-28)33-17(36)4-2-3-5-20(39)51-34-18(37)8-9-19(34)38/h8-9,14-15,21-26,28-30,37-38,40-44H,2-7,10-13H2,1H3,(H,31,35)(H,32,45)(H,33,36). The Hall–Kier alpha value is -3.64. The summed E-state index contributed by atoms with van der Waals surface area (Å²) in [5.74, 6) is -3.44. The average molecular weight is 735 g/mol. The van der Waals surface area contributed by atoms with E-state index in [9.17, 15) is 54.9 Å². The van der Waals surface area contributed by atoms with Crippen molar-refractivity contribution in [3.63, 3.8) is 0 Å². The van der Waals surface area contributed by atoms with Crippen LogP contribution in [0.3, 0.4) is 0 Å². The van der Waals surface area contributed by atoms with Crippen LogP contribution in [0, 0.1) is 0 Å². The number of nitrogens with one attached hydrogen (secondary N) is 3. The van der Waals surface area contributed by atoms with Gasteiger partial charge < -0.3 is 80.2 Å². The van der Waals surface area contributed by atoms with Gasteiger partial charge in [-0.05, 0) is 26.2 Å². The molecule has 0 spiro atoms. The third-order valence-electron chi connectivity index (χ3n) is 8.33. The highest BCUT2D eigenvalue weighted by Crippen LogP contribution is 2.30. The first kappa shape index (κ1) is 40.1. The first-order valence-corrected chi connectivity index (χ1v) is 16.5. The second kappa shape index (κ2) is 18.7. The number of amides is 3. The summed E-state index contributed by atoms with van der Waals surface area (Å²) in [5, 5.41) is 79.7. The number of aromatic hydroxyl groups is 2. The molecule has 0 aromatic carbocycles. The lowest BCUT2D eigenvalue weighted by Gasteiger charge is -2.45. The topological polar surface area (TPSA) is 306 Å². The van der Waals surface area contributed by atoms with Crippen molar-refractivity contribution in [1.82, 2.24) is 20.7 Å². The molecule has 4 rings (SSSR count). The van der Waals surface area contributed by atoms with Crippen molar-refractivity contribution in [3.05, 3.63) is 12.1 Å². The van der Waals surface area contributed by atoms with E-state index in [1.54, 1.807) is 0 Å². The number of hydrogen-bond acceptors (Lipinski definition) is 17. The van der Waals surface area contributed by atoms with Crippen LogP contribution in [-0.2, 0) is 42.9 Å². The van der Waals surface area contributed by atoms with Crippen molar-refractivity contribution in [2.24, 2.45) is 0 Å². The number of carbonyl (C=O) groups is 4. The molecule has 11 atom stereocenters. The zero-order valence-electron chi connectivity index (χ0n) is 27.7. The molecule has 1 aromatic rings. The molecule has 3 aliphatic rings. The number of ether oxygens (including phenoxy) is 5. The number of nitrogens with zero attached hydrogens (tertiary/aromatic N) is 1. The molecule has 51 heavy (non-hydrogen) atoms. The van der Waals surface area contributed by atoms with E-state index in [1.165, 1.54) is 6.92 Å². The Bertz CT molecular complexity index is 1310. The highest BCUT2D eigenvalue weighted by atomic mass is 16.8. The van der Waals surface area contributed by atoms with Crippen LogP contribution in [0.2, 0.25) is 0 Å². The van der Waals surface area contributed by atoms with Gasteiger partial charge in [0.25, 0.3) is 0 Å². The SMILES string of the molecule is CC1OC2OCCNC(=O)CCC(NC(=O)CCCCC(=O)On3c(O)ccc3O)C(=O)NCCOC3OC(OC(C1O)C2O)C(O)C(O)C3O. The molecular weight excluding hydrogens is 688 g/mol. The van der Waals surface area contributed by atoms with E-state index < -0.39 is 103 Å². The van der Waals surface area contributed by atoms with Gasteiger partial charge in [0.2, 0.25) is 29.5 Å². The summed E-state index contributed by atoms with van der Waals surface area (Å²) in [6.45, 7) is 0.800. The summed E-state index contributed by atoms with van der Waals surface area (Å²) in [6, 6.07) is 1.08. The second-order valence-electron chi connectivity index (χ2n) is 12.2. The van der Waals surface area contributed by atoms with Crippen molar-refractivity contribution < 1.29 is 83.4 Å². The minimum atomic E-state index is -1.82. The quantitative estimate of drug-likeness (QED) is 0.118. The minimum absolute atomic E-state index is 0.0450. The van der Waals surface area contributed by atoms with E-state index in [4.69, 9.17) is 28.5 Å². The zero-order chi connectivity index (χ0) is 37.2. The highest BCUT2D eigenvalue weighted by Gasteiger charge is 2.50. The molecule has 4 bridgehead atoms. The second-order valence-corrected chi connectivity index (χ2v) is 12.2. The van der Waals surface area contributed by atoms with Crippen molar-refractivity contribution in [2.75, 3.05) is 26.3 Å². The monoisotopic (exact) mass is 734 g/mol. The summed E-state index contributed by atoms with van der Waals surface area (Å²) < 4.78 is 28.3. The van der Waals surface area contributed by atoms with Crippen molar-refractivity contribution in [3.8, 4) is 11.8 Å². The molecule has 1 aromatic heterocycles. The van der Waals surface area contributed by atoms with Gasteiger partial charge in [0.15, 0.2) is 18.9 Å². The molecule has 3 amide bonds.